The lowest BCUT2D eigenvalue weighted by Gasteiger charge is -2.07. The highest BCUT2D eigenvalue weighted by Crippen LogP contribution is 2.21. The van der Waals surface area contributed by atoms with Crippen LogP contribution in [0.2, 0.25) is 5.02 Å². The van der Waals surface area contributed by atoms with Crippen LogP contribution in [0.4, 0.5) is 0 Å². The minimum Gasteiger partial charge on any atom is -0.343 e. The molecule has 0 spiro atoms. The average Bonchev–Trinajstić information content (AvgIpc) is 2.89. The molecule has 1 aromatic heterocycles. The van der Waals surface area contributed by atoms with Gasteiger partial charge in [0.25, 0.3) is 5.91 Å². The fraction of sp³-hybridized carbons (Fsp3) is 0.0625. The van der Waals surface area contributed by atoms with Gasteiger partial charge < -0.3 is 4.57 Å². The van der Waals surface area contributed by atoms with Crippen molar-refractivity contribution in [2.24, 2.45) is 5.84 Å². The summed E-state index contributed by atoms with van der Waals surface area (Å²) in [5, 5.41) is 1.82. The van der Waals surface area contributed by atoms with E-state index in [1.54, 1.807) is 6.07 Å². The van der Waals surface area contributed by atoms with Crippen LogP contribution >= 0.6 is 11.6 Å². The number of fused-ring (bicyclic) bond motifs is 1. The van der Waals surface area contributed by atoms with E-state index in [0.29, 0.717) is 12.1 Å². The van der Waals surface area contributed by atoms with E-state index in [1.807, 2.05) is 48.7 Å². The van der Waals surface area contributed by atoms with Crippen molar-refractivity contribution >= 4 is 28.4 Å². The first-order chi connectivity index (χ1) is 10.2. The van der Waals surface area contributed by atoms with Gasteiger partial charge in [-0.05, 0) is 42.0 Å². The molecule has 3 N–H and O–H groups in total. The number of hydrogen-bond donors (Lipinski definition) is 2. The summed E-state index contributed by atoms with van der Waals surface area (Å²) in [6.45, 7) is 0.677. The van der Waals surface area contributed by atoms with Gasteiger partial charge in [-0.2, -0.15) is 0 Å². The maximum Gasteiger partial charge on any atom is 0.265 e. The van der Waals surface area contributed by atoms with Crippen molar-refractivity contribution in [2.45, 2.75) is 6.54 Å². The number of nitrogens with zero attached hydrogens (tertiary/aromatic N) is 1. The molecule has 0 aliphatic carbocycles. The number of halogens is 1. The van der Waals surface area contributed by atoms with Gasteiger partial charge in [0.2, 0.25) is 0 Å². The predicted octanol–water partition coefficient (Wildman–Crippen LogP) is 2.95. The van der Waals surface area contributed by atoms with E-state index in [2.05, 4.69) is 9.99 Å². The lowest BCUT2D eigenvalue weighted by Crippen LogP contribution is -2.30. The fourth-order valence-corrected chi connectivity index (χ4v) is 2.58. The summed E-state index contributed by atoms with van der Waals surface area (Å²) in [6, 6.07) is 15.2. The molecule has 0 radical (unpaired) electrons. The molecule has 21 heavy (non-hydrogen) atoms. The zero-order valence-electron chi connectivity index (χ0n) is 11.2. The summed E-state index contributed by atoms with van der Waals surface area (Å²) < 4.78 is 2.12. The number of benzene rings is 2. The third kappa shape index (κ3) is 2.77. The molecule has 4 nitrogen and oxygen atoms in total. The van der Waals surface area contributed by atoms with Crippen molar-refractivity contribution in [1.29, 1.82) is 0 Å². The minimum absolute atomic E-state index is 0.291. The molecule has 0 bridgehead atoms. The highest BCUT2D eigenvalue weighted by molar-refractivity contribution is 6.31. The Hall–Kier alpha value is -2.30. The van der Waals surface area contributed by atoms with Crippen molar-refractivity contribution in [3.8, 4) is 0 Å². The molecular weight excluding hydrogens is 286 g/mol. The molecule has 0 saturated carbocycles. The van der Waals surface area contributed by atoms with E-state index >= 15 is 0 Å². The number of nitrogens with two attached hydrogens (primary N) is 1. The van der Waals surface area contributed by atoms with Crippen LogP contribution in [0.15, 0.2) is 54.7 Å². The third-order valence-corrected chi connectivity index (χ3v) is 3.64. The molecule has 1 heterocycles. The molecule has 0 aliphatic rings. The van der Waals surface area contributed by atoms with Crippen LogP contribution in [-0.4, -0.2) is 10.5 Å². The molecule has 0 aliphatic heterocycles. The molecule has 2 aromatic carbocycles. The van der Waals surface area contributed by atoms with Gasteiger partial charge in [0.1, 0.15) is 0 Å². The molecule has 0 atom stereocenters. The summed E-state index contributed by atoms with van der Waals surface area (Å²) >= 11 is 5.99. The summed E-state index contributed by atoms with van der Waals surface area (Å²) in [4.78, 5) is 11.6. The smallest absolute Gasteiger partial charge is 0.265 e. The number of nitrogens with one attached hydrogen (secondary N) is 1. The molecule has 1 amide bonds. The van der Waals surface area contributed by atoms with Gasteiger partial charge in [0, 0.05) is 34.2 Å². The molecular formula is C16H14ClN3O. The van der Waals surface area contributed by atoms with E-state index in [9.17, 15) is 4.79 Å². The minimum atomic E-state index is -0.291. The van der Waals surface area contributed by atoms with Crippen LogP contribution in [0.1, 0.15) is 15.9 Å². The first-order valence-electron chi connectivity index (χ1n) is 6.51. The summed E-state index contributed by atoms with van der Waals surface area (Å²) in [5.74, 6) is 4.87. The summed E-state index contributed by atoms with van der Waals surface area (Å²) in [6.07, 6.45) is 2.01. The first-order valence-corrected chi connectivity index (χ1v) is 6.89. The van der Waals surface area contributed by atoms with Crippen molar-refractivity contribution < 1.29 is 4.79 Å². The number of hydrazine groups is 1. The van der Waals surface area contributed by atoms with Gasteiger partial charge >= 0.3 is 0 Å². The number of carbonyl (C=O) groups is 1. The SMILES string of the molecule is NNC(=O)c1cccc(Cn2ccc3cc(Cl)ccc32)c1. The van der Waals surface area contributed by atoms with Crippen molar-refractivity contribution in [3.05, 3.63) is 70.9 Å². The molecule has 0 fully saturated rings. The van der Waals surface area contributed by atoms with Gasteiger partial charge in [0.15, 0.2) is 0 Å². The largest absolute Gasteiger partial charge is 0.343 e. The van der Waals surface area contributed by atoms with Crippen molar-refractivity contribution in [2.75, 3.05) is 0 Å². The molecule has 106 valence electrons. The highest BCUT2D eigenvalue weighted by Gasteiger charge is 2.06. The Morgan fingerprint density at radius 1 is 1.19 bits per heavy atom. The van der Waals surface area contributed by atoms with Crippen LogP contribution in [0, 0.1) is 0 Å². The standard InChI is InChI=1S/C16H14ClN3O/c17-14-4-5-15-12(9-14)6-7-20(15)10-11-2-1-3-13(8-11)16(21)19-18/h1-9H,10,18H2,(H,19,21). The number of hydrogen-bond acceptors (Lipinski definition) is 2. The van der Waals surface area contributed by atoms with Crippen LogP contribution in [0.25, 0.3) is 10.9 Å². The predicted molar refractivity (Wildman–Crippen MR) is 84.1 cm³/mol. The second kappa shape index (κ2) is 5.60. The van der Waals surface area contributed by atoms with Crippen LogP contribution in [-0.2, 0) is 6.54 Å². The summed E-state index contributed by atoms with van der Waals surface area (Å²) in [7, 11) is 0. The Bertz CT molecular complexity index is 810. The number of carbonyl (C=O) groups excluding carboxylic acids is 1. The van der Waals surface area contributed by atoms with Gasteiger partial charge in [-0.25, -0.2) is 5.84 Å². The Balaban J connectivity index is 1.93. The van der Waals surface area contributed by atoms with Gasteiger partial charge in [-0.15, -0.1) is 0 Å². The van der Waals surface area contributed by atoms with E-state index in [0.717, 1.165) is 21.5 Å². The maximum atomic E-state index is 11.6. The maximum absolute atomic E-state index is 11.6. The van der Waals surface area contributed by atoms with E-state index in [-0.39, 0.29) is 5.91 Å². The Morgan fingerprint density at radius 2 is 2.05 bits per heavy atom. The average molecular weight is 300 g/mol. The lowest BCUT2D eigenvalue weighted by atomic mass is 10.1. The first kappa shape index (κ1) is 13.7. The van der Waals surface area contributed by atoms with Crippen molar-refractivity contribution in [1.82, 2.24) is 9.99 Å². The summed E-state index contributed by atoms with van der Waals surface area (Å²) in [5.41, 5.74) is 4.83. The highest BCUT2D eigenvalue weighted by atomic mass is 35.5. The number of aromatic nitrogens is 1. The van der Waals surface area contributed by atoms with Crippen LogP contribution in [0.5, 0.6) is 0 Å². The molecule has 0 unspecified atom stereocenters. The van der Waals surface area contributed by atoms with Gasteiger partial charge in [-0.3, -0.25) is 10.2 Å². The van der Waals surface area contributed by atoms with Gasteiger partial charge in [0.05, 0.1) is 0 Å². The second-order valence-electron chi connectivity index (χ2n) is 4.82. The molecule has 5 heteroatoms. The number of rotatable bonds is 3. The quantitative estimate of drug-likeness (QED) is 0.444. The van der Waals surface area contributed by atoms with Crippen LogP contribution < -0.4 is 11.3 Å². The lowest BCUT2D eigenvalue weighted by molar-refractivity contribution is 0.0953. The molecule has 3 rings (SSSR count). The normalized spacial score (nSPS) is 10.8. The Labute approximate surface area is 127 Å². The van der Waals surface area contributed by atoms with Crippen molar-refractivity contribution in [3.63, 3.8) is 0 Å². The number of amides is 1. The zero-order valence-corrected chi connectivity index (χ0v) is 12.0. The zero-order chi connectivity index (χ0) is 14.8. The van der Waals surface area contributed by atoms with E-state index in [1.165, 1.54) is 0 Å². The number of nitrogen functional groups attached to an aromatic ring is 1. The Morgan fingerprint density at radius 3 is 2.86 bits per heavy atom. The van der Waals surface area contributed by atoms with E-state index in [4.69, 9.17) is 17.4 Å². The second-order valence-corrected chi connectivity index (χ2v) is 5.26. The van der Waals surface area contributed by atoms with Gasteiger partial charge in [-0.1, -0.05) is 23.7 Å². The van der Waals surface area contributed by atoms with Crippen LogP contribution in [0.3, 0.4) is 0 Å². The van der Waals surface area contributed by atoms with E-state index < -0.39 is 0 Å². The topological polar surface area (TPSA) is 60.0 Å². The fourth-order valence-electron chi connectivity index (χ4n) is 2.40. The monoisotopic (exact) mass is 299 g/mol. The third-order valence-electron chi connectivity index (χ3n) is 3.41. The molecule has 0 saturated heterocycles. The Kier molecular flexibility index (Phi) is 3.64. The molecule has 3 aromatic rings.